The molecule has 3 rings (SSSR count). The van der Waals surface area contributed by atoms with Crippen molar-refractivity contribution in [2.45, 2.75) is 39.8 Å². The van der Waals surface area contributed by atoms with Crippen molar-refractivity contribution in [1.29, 1.82) is 0 Å². The SMILES string of the molecule is Cc1ccc(C(=O)N(C)Cc2c(C)nn([C@@H]3CCS(=O)(=O)C3)c2C)cc1. The van der Waals surface area contributed by atoms with Gasteiger partial charge in [-0.3, -0.25) is 9.48 Å². The molecule has 0 N–H and O–H groups in total. The maximum Gasteiger partial charge on any atom is 0.253 e. The van der Waals surface area contributed by atoms with Crippen LogP contribution in [0, 0.1) is 20.8 Å². The first kappa shape index (κ1) is 18.6. The van der Waals surface area contributed by atoms with Gasteiger partial charge in [-0.2, -0.15) is 5.10 Å². The molecule has 1 aromatic carbocycles. The summed E-state index contributed by atoms with van der Waals surface area (Å²) >= 11 is 0. The van der Waals surface area contributed by atoms with Gasteiger partial charge in [-0.15, -0.1) is 0 Å². The Morgan fingerprint density at radius 2 is 1.88 bits per heavy atom. The van der Waals surface area contributed by atoms with Crippen molar-refractivity contribution in [2.75, 3.05) is 18.6 Å². The Labute approximate surface area is 154 Å². The number of carbonyl (C=O) groups excluding carboxylic acids is 1. The predicted octanol–water partition coefficient (Wildman–Crippen LogP) is 2.44. The van der Waals surface area contributed by atoms with Crippen molar-refractivity contribution < 1.29 is 13.2 Å². The highest BCUT2D eigenvalue weighted by molar-refractivity contribution is 7.91. The number of nitrogens with zero attached hydrogens (tertiary/aromatic N) is 3. The molecule has 0 spiro atoms. The number of aryl methyl sites for hydroxylation is 2. The summed E-state index contributed by atoms with van der Waals surface area (Å²) in [5.41, 5.74) is 4.53. The zero-order chi connectivity index (χ0) is 19.1. The van der Waals surface area contributed by atoms with E-state index in [9.17, 15) is 13.2 Å². The normalized spacial score (nSPS) is 18.8. The molecule has 2 heterocycles. The van der Waals surface area contributed by atoms with E-state index in [1.807, 2.05) is 49.7 Å². The molecule has 1 aliphatic heterocycles. The number of hydrogen-bond donors (Lipinski definition) is 0. The summed E-state index contributed by atoms with van der Waals surface area (Å²) < 4.78 is 25.4. The summed E-state index contributed by atoms with van der Waals surface area (Å²) in [5.74, 6) is 0.323. The molecule has 6 nitrogen and oxygen atoms in total. The Hall–Kier alpha value is -2.15. The van der Waals surface area contributed by atoms with Crippen molar-refractivity contribution in [3.8, 4) is 0 Å². The van der Waals surface area contributed by atoms with Gasteiger partial charge >= 0.3 is 0 Å². The van der Waals surface area contributed by atoms with Crippen LogP contribution in [-0.2, 0) is 16.4 Å². The fourth-order valence-electron chi connectivity index (χ4n) is 3.48. The molecular formula is C19H25N3O3S. The second kappa shape index (κ2) is 6.87. The third-order valence-electron chi connectivity index (χ3n) is 5.07. The molecule has 1 aliphatic rings. The number of amides is 1. The van der Waals surface area contributed by atoms with Crippen molar-refractivity contribution in [2.24, 2.45) is 0 Å². The average molecular weight is 375 g/mol. The van der Waals surface area contributed by atoms with Crippen molar-refractivity contribution in [3.63, 3.8) is 0 Å². The lowest BCUT2D eigenvalue weighted by Gasteiger charge is -2.18. The number of hydrogen-bond acceptors (Lipinski definition) is 4. The molecule has 1 aromatic heterocycles. The summed E-state index contributed by atoms with van der Waals surface area (Å²) in [7, 11) is -1.19. The first-order valence-corrected chi connectivity index (χ1v) is 10.6. The zero-order valence-electron chi connectivity index (χ0n) is 15.7. The van der Waals surface area contributed by atoms with E-state index < -0.39 is 9.84 Å². The van der Waals surface area contributed by atoms with Gasteiger partial charge in [0.25, 0.3) is 5.91 Å². The summed E-state index contributed by atoms with van der Waals surface area (Å²) in [5, 5.41) is 4.57. The minimum Gasteiger partial charge on any atom is -0.337 e. The Bertz CT molecular complexity index is 930. The molecule has 140 valence electrons. The zero-order valence-corrected chi connectivity index (χ0v) is 16.5. The van der Waals surface area contributed by atoms with Gasteiger partial charge in [-0.25, -0.2) is 8.42 Å². The van der Waals surface area contributed by atoms with Crippen LogP contribution in [0.2, 0.25) is 0 Å². The van der Waals surface area contributed by atoms with E-state index in [0.29, 0.717) is 18.5 Å². The van der Waals surface area contributed by atoms with Crippen molar-refractivity contribution in [3.05, 3.63) is 52.3 Å². The fraction of sp³-hybridized carbons (Fsp3) is 0.474. The van der Waals surface area contributed by atoms with Crippen LogP contribution >= 0.6 is 0 Å². The minimum atomic E-state index is -2.97. The molecule has 7 heteroatoms. The second-order valence-corrected chi connectivity index (χ2v) is 9.41. The highest BCUT2D eigenvalue weighted by atomic mass is 32.2. The molecule has 0 radical (unpaired) electrons. The van der Waals surface area contributed by atoms with Crippen LogP contribution in [0.4, 0.5) is 0 Å². The van der Waals surface area contributed by atoms with E-state index >= 15 is 0 Å². The van der Waals surface area contributed by atoms with Gasteiger partial charge in [0.2, 0.25) is 0 Å². The topological polar surface area (TPSA) is 72.3 Å². The third kappa shape index (κ3) is 3.67. The van der Waals surface area contributed by atoms with E-state index in [-0.39, 0.29) is 23.5 Å². The van der Waals surface area contributed by atoms with Gasteiger partial charge in [0.1, 0.15) is 0 Å². The number of aromatic nitrogens is 2. The van der Waals surface area contributed by atoms with E-state index in [1.54, 1.807) is 11.9 Å². The summed E-state index contributed by atoms with van der Waals surface area (Å²) in [4.78, 5) is 14.3. The van der Waals surface area contributed by atoms with E-state index in [0.717, 1.165) is 22.5 Å². The Balaban J connectivity index is 1.79. The maximum absolute atomic E-state index is 12.7. The summed E-state index contributed by atoms with van der Waals surface area (Å²) in [6, 6.07) is 7.42. The van der Waals surface area contributed by atoms with Gasteiger partial charge in [0, 0.05) is 30.4 Å². The van der Waals surface area contributed by atoms with E-state index in [1.165, 1.54) is 0 Å². The highest BCUT2D eigenvalue weighted by Gasteiger charge is 2.31. The molecule has 0 aliphatic carbocycles. The molecule has 0 unspecified atom stereocenters. The van der Waals surface area contributed by atoms with Crippen LogP contribution < -0.4 is 0 Å². The van der Waals surface area contributed by atoms with Crippen LogP contribution in [0.25, 0.3) is 0 Å². The van der Waals surface area contributed by atoms with Gasteiger partial charge in [0.15, 0.2) is 9.84 Å². The smallest absolute Gasteiger partial charge is 0.253 e. The lowest BCUT2D eigenvalue weighted by Crippen LogP contribution is -2.26. The van der Waals surface area contributed by atoms with Gasteiger partial charge in [-0.05, 0) is 39.3 Å². The van der Waals surface area contributed by atoms with Gasteiger partial charge in [0.05, 0.1) is 23.2 Å². The Morgan fingerprint density at radius 1 is 1.23 bits per heavy atom. The van der Waals surface area contributed by atoms with Crippen LogP contribution in [0.3, 0.4) is 0 Å². The first-order valence-electron chi connectivity index (χ1n) is 8.75. The quantitative estimate of drug-likeness (QED) is 0.823. The van der Waals surface area contributed by atoms with Gasteiger partial charge < -0.3 is 4.90 Å². The van der Waals surface area contributed by atoms with E-state index in [4.69, 9.17) is 0 Å². The molecule has 26 heavy (non-hydrogen) atoms. The minimum absolute atomic E-state index is 0.0417. The highest BCUT2D eigenvalue weighted by Crippen LogP contribution is 2.27. The molecule has 2 aromatic rings. The number of sulfone groups is 1. The van der Waals surface area contributed by atoms with Crippen LogP contribution in [0.15, 0.2) is 24.3 Å². The standard InChI is InChI=1S/C19H25N3O3S/c1-13-5-7-16(8-6-13)19(23)21(4)11-18-14(2)20-22(15(18)3)17-9-10-26(24,25)12-17/h5-8,17H,9-12H2,1-4H3/t17-/m1/s1. The molecule has 1 amide bonds. The van der Waals surface area contributed by atoms with E-state index in [2.05, 4.69) is 5.10 Å². The van der Waals surface area contributed by atoms with Crippen molar-refractivity contribution >= 4 is 15.7 Å². The molecule has 0 saturated carbocycles. The van der Waals surface area contributed by atoms with Crippen LogP contribution in [0.1, 0.15) is 45.3 Å². The molecule has 1 saturated heterocycles. The van der Waals surface area contributed by atoms with Gasteiger partial charge in [-0.1, -0.05) is 17.7 Å². The largest absolute Gasteiger partial charge is 0.337 e. The second-order valence-electron chi connectivity index (χ2n) is 7.18. The predicted molar refractivity (Wildman–Crippen MR) is 101 cm³/mol. The summed E-state index contributed by atoms with van der Waals surface area (Å²) in [6.45, 7) is 6.29. The lowest BCUT2D eigenvalue weighted by molar-refractivity contribution is 0.0784. The van der Waals surface area contributed by atoms with Crippen molar-refractivity contribution in [1.82, 2.24) is 14.7 Å². The number of carbonyl (C=O) groups is 1. The monoisotopic (exact) mass is 375 g/mol. The Morgan fingerprint density at radius 3 is 2.46 bits per heavy atom. The Kier molecular flexibility index (Phi) is 4.92. The molecule has 1 fully saturated rings. The number of benzene rings is 1. The molecule has 1 atom stereocenters. The van der Waals surface area contributed by atoms with Crippen LogP contribution in [0.5, 0.6) is 0 Å². The maximum atomic E-state index is 12.7. The van der Waals surface area contributed by atoms with Crippen LogP contribution in [-0.4, -0.2) is 47.6 Å². The molecule has 0 bridgehead atoms. The number of rotatable bonds is 4. The summed E-state index contributed by atoms with van der Waals surface area (Å²) in [6.07, 6.45) is 0.599. The first-order chi connectivity index (χ1) is 12.2. The average Bonchev–Trinajstić information content (AvgIpc) is 3.08. The lowest BCUT2D eigenvalue weighted by atomic mass is 10.1. The molecular weight excluding hydrogens is 350 g/mol. The third-order valence-corrected chi connectivity index (χ3v) is 6.82. The fourth-order valence-corrected chi connectivity index (χ4v) is 5.17.